The van der Waals surface area contributed by atoms with Crippen molar-refractivity contribution in [3.63, 3.8) is 0 Å². The molecule has 20 heavy (non-hydrogen) atoms. The molecular weight excluding hydrogens is 252 g/mol. The maximum atomic E-state index is 12.0. The van der Waals surface area contributed by atoms with Crippen LogP contribution in [-0.2, 0) is 16.1 Å². The van der Waals surface area contributed by atoms with Gasteiger partial charge in [0.2, 0.25) is 11.8 Å². The van der Waals surface area contributed by atoms with E-state index < -0.39 is 0 Å². The molecule has 0 fully saturated rings. The van der Waals surface area contributed by atoms with Crippen LogP contribution in [-0.4, -0.2) is 11.8 Å². The molecule has 2 N–H and O–H groups in total. The minimum atomic E-state index is -0.0867. The van der Waals surface area contributed by atoms with E-state index in [1.54, 1.807) is 0 Å². The molecule has 0 aromatic heterocycles. The van der Waals surface area contributed by atoms with Crippen molar-refractivity contribution in [2.75, 3.05) is 5.32 Å². The smallest absolute Gasteiger partial charge is 0.223 e. The van der Waals surface area contributed by atoms with E-state index in [0.717, 1.165) is 30.5 Å². The summed E-state index contributed by atoms with van der Waals surface area (Å²) >= 11 is 0. The van der Waals surface area contributed by atoms with Gasteiger partial charge in [-0.25, -0.2) is 0 Å². The van der Waals surface area contributed by atoms with Crippen LogP contribution in [0.4, 0.5) is 5.69 Å². The van der Waals surface area contributed by atoms with Gasteiger partial charge in [-0.3, -0.25) is 9.59 Å². The lowest BCUT2D eigenvalue weighted by atomic mass is 9.93. The second-order valence-electron chi connectivity index (χ2n) is 5.08. The predicted molar refractivity (Wildman–Crippen MR) is 79.1 cm³/mol. The van der Waals surface area contributed by atoms with E-state index in [4.69, 9.17) is 0 Å². The van der Waals surface area contributed by atoms with Crippen LogP contribution < -0.4 is 10.6 Å². The standard InChI is InChI=1S/C16H20N2O2/c1-12(19)18-15-9-7-13(8-10-15)11-17-16(20)14-5-3-2-4-6-14/h2-3,7-10,14H,4-6,11H2,1H3,(H,17,20)(H,18,19)/t14-/m1/s1. The summed E-state index contributed by atoms with van der Waals surface area (Å²) in [5.41, 5.74) is 1.80. The van der Waals surface area contributed by atoms with Gasteiger partial charge in [0.1, 0.15) is 0 Å². The molecule has 1 aromatic rings. The highest BCUT2D eigenvalue weighted by Gasteiger charge is 2.17. The van der Waals surface area contributed by atoms with Crippen LogP contribution in [0.2, 0.25) is 0 Å². The molecule has 106 valence electrons. The first-order chi connectivity index (χ1) is 9.65. The van der Waals surface area contributed by atoms with Crippen LogP contribution in [0.25, 0.3) is 0 Å². The number of carbonyl (C=O) groups excluding carboxylic acids is 2. The zero-order chi connectivity index (χ0) is 14.4. The molecule has 1 aromatic carbocycles. The van der Waals surface area contributed by atoms with Crippen molar-refractivity contribution in [2.45, 2.75) is 32.7 Å². The van der Waals surface area contributed by atoms with Crippen molar-refractivity contribution < 1.29 is 9.59 Å². The van der Waals surface area contributed by atoms with Gasteiger partial charge in [-0.2, -0.15) is 0 Å². The second-order valence-corrected chi connectivity index (χ2v) is 5.08. The highest BCUT2D eigenvalue weighted by molar-refractivity contribution is 5.88. The van der Waals surface area contributed by atoms with Crippen molar-refractivity contribution in [2.24, 2.45) is 5.92 Å². The summed E-state index contributed by atoms with van der Waals surface area (Å²) in [7, 11) is 0. The number of hydrogen-bond donors (Lipinski definition) is 2. The summed E-state index contributed by atoms with van der Waals surface area (Å²) in [6.45, 7) is 2.01. The zero-order valence-corrected chi connectivity index (χ0v) is 11.7. The average molecular weight is 272 g/mol. The van der Waals surface area contributed by atoms with Crippen LogP contribution in [0.1, 0.15) is 31.7 Å². The van der Waals surface area contributed by atoms with E-state index in [1.165, 1.54) is 6.92 Å². The summed E-state index contributed by atoms with van der Waals surface area (Å²) in [6.07, 6.45) is 6.97. The Bertz CT molecular complexity index is 506. The molecule has 0 spiro atoms. The van der Waals surface area contributed by atoms with Crippen molar-refractivity contribution >= 4 is 17.5 Å². The number of benzene rings is 1. The minimum absolute atomic E-state index is 0.0867. The van der Waals surface area contributed by atoms with Crippen LogP contribution in [0.15, 0.2) is 36.4 Å². The summed E-state index contributed by atoms with van der Waals surface area (Å²) in [4.78, 5) is 22.9. The Hall–Kier alpha value is -2.10. The average Bonchev–Trinajstić information content (AvgIpc) is 2.46. The van der Waals surface area contributed by atoms with Gasteiger partial charge >= 0.3 is 0 Å². The number of carbonyl (C=O) groups is 2. The molecule has 0 aliphatic heterocycles. The monoisotopic (exact) mass is 272 g/mol. The van der Waals surface area contributed by atoms with E-state index in [0.29, 0.717) is 6.54 Å². The number of allylic oxidation sites excluding steroid dienone is 2. The fourth-order valence-electron chi connectivity index (χ4n) is 2.27. The van der Waals surface area contributed by atoms with Gasteiger partial charge in [-0.05, 0) is 37.0 Å². The molecular formula is C16H20N2O2. The zero-order valence-electron chi connectivity index (χ0n) is 11.7. The van der Waals surface area contributed by atoms with Crippen LogP contribution in [0.5, 0.6) is 0 Å². The van der Waals surface area contributed by atoms with E-state index in [2.05, 4.69) is 22.8 Å². The lowest BCUT2D eigenvalue weighted by Crippen LogP contribution is -2.30. The molecule has 0 saturated carbocycles. The number of nitrogens with one attached hydrogen (secondary N) is 2. The van der Waals surface area contributed by atoms with E-state index in [9.17, 15) is 9.59 Å². The molecule has 0 heterocycles. The number of rotatable bonds is 4. The SMILES string of the molecule is CC(=O)Nc1ccc(CNC(=O)[C@@H]2CC=CCC2)cc1. The van der Waals surface area contributed by atoms with Gasteiger partial charge < -0.3 is 10.6 Å². The molecule has 1 aliphatic rings. The molecule has 0 unspecified atom stereocenters. The molecule has 1 atom stereocenters. The molecule has 2 amide bonds. The first kappa shape index (κ1) is 14.3. The Kier molecular flexibility index (Phi) is 4.93. The predicted octanol–water partition coefficient (Wildman–Crippen LogP) is 2.62. The maximum absolute atomic E-state index is 12.0. The van der Waals surface area contributed by atoms with Crippen molar-refractivity contribution in [3.8, 4) is 0 Å². The molecule has 0 saturated heterocycles. The number of hydrogen-bond acceptors (Lipinski definition) is 2. The Morgan fingerprint density at radius 2 is 1.95 bits per heavy atom. The van der Waals surface area contributed by atoms with Gasteiger partial charge in [-0.1, -0.05) is 24.3 Å². The third kappa shape index (κ3) is 4.23. The van der Waals surface area contributed by atoms with Gasteiger partial charge in [0.25, 0.3) is 0 Å². The van der Waals surface area contributed by atoms with Gasteiger partial charge in [-0.15, -0.1) is 0 Å². The van der Waals surface area contributed by atoms with E-state index >= 15 is 0 Å². The summed E-state index contributed by atoms with van der Waals surface area (Å²) in [5.74, 6) is 0.148. The Labute approximate surface area is 119 Å². The molecule has 2 rings (SSSR count). The summed E-state index contributed by atoms with van der Waals surface area (Å²) in [5, 5.41) is 5.68. The molecule has 4 heteroatoms. The van der Waals surface area contributed by atoms with Gasteiger partial charge in [0.05, 0.1) is 0 Å². The van der Waals surface area contributed by atoms with Crippen molar-refractivity contribution in [3.05, 3.63) is 42.0 Å². The highest BCUT2D eigenvalue weighted by Crippen LogP contribution is 2.18. The fourth-order valence-corrected chi connectivity index (χ4v) is 2.27. The quantitative estimate of drug-likeness (QED) is 0.828. The lowest BCUT2D eigenvalue weighted by Gasteiger charge is -2.17. The fraction of sp³-hybridized carbons (Fsp3) is 0.375. The number of anilines is 1. The maximum Gasteiger partial charge on any atom is 0.223 e. The minimum Gasteiger partial charge on any atom is -0.352 e. The van der Waals surface area contributed by atoms with Crippen LogP contribution in [0.3, 0.4) is 0 Å². The highest BCUT2D eigenvalue weighted by atomic mass is 16.2. The van der Waals surface area contributed by atoms with Crippen molar-refractivity contribution in [1.82, 2.24) is 5.32 Å². The van der Waals surface area contributed by atoms with Crippen molar-refractivity contribution in [1.29, 1.82) is 0 Å². The van der Waals surface area contributed by atoms with Crippen LogP contribution in [0, 0.1) is 5.92 Å². The Balaban J connectivity index is 1.82. The molecule has 1 aliphatic carbocycles. The molecule has 0 radical (unpaired) electrons. The summed E-state index contributed by atoms with van der Waals surface area (Å²) < 4.78 is 0. The Morgan fingerprint density at radius 3 is 2.55 bits per heavy atom. The summed E-state index contributed by atoms with van der Waals surface area (Å²) in [6, 6.07) is 7.50. The number of amides is 2. The van der Waals surface area contributed by atoms with E-state index in [1.807, 2.05) is 24.3 Å². The van der Waals surface area contributed by atoms with Gasteiger partial charge in [0, 0.05) is 25.1 Å². The molecule has 4 nitrogen and oxygen atoms in total. The third-order valence-electron chi connectivity index (χ3n) is 3.38. The van der Waals surface area contributed by atoms with Gasteiger partial charge in [0.15, 0.2) is 0 Å². The van der Waals surface area contributed by atoms with Crippen LogP contribution >= 0.6 is 0 Å². The van der Waals surface area contributed by atoms with E-state index in [-0.39, 0.29) is 17.7 Å². The first-order valence-corrected chi connectivity index (χ1v) is 6.94. The third-order valence-corrected chi connectivity index (χ3v) is 3.38. The lowest BCUT2D eigenvalue weighted by molar-refractivity contribution is -0.125. The topological polar surface area (TPSA) is 58.2 Å². The Morgan fingerprint density at radius 1 is 1.20 bits per heavy atom. The molecule has 0 bridgehead atoms. The first-order valence-electron chi connectivity index (χ1n) is 6.94. The largest absolute Gasteiger partial charge is 0.352 e. The normalized spacial score (nSPS) is 17.6. The second kappa shape index (κ2) is 6.89.